The Balaban J connectivity index is 1.35. The van der Waals surface area contributed by atoms with Crippen LogP contribution in [0.25, 0.3) is 0 Å². The van der Waals surface area contributed by atoms with Crippen molar-refractivity contribution in [3.8, 4) is 0 Å². The van der Waals surface area contributed by atoms with Gasteiger partial charge in [0, 0.05) is 23.6 Å². The van der Waals surface area contributed by atoms with E-state index in [1.54, 1.807) is 5.01 Å². The first-order chi connectivity index (χ1) is 17.8. The van der Waals surface area contributed by atoms with Crippen molar-refractivity contribution in [2.45, 2.75) is 31.1 Å². The van der Waals surface area contributed by atoms with E-state index in [0.29, 0.717) is 22.3 Å². The minimum absolute atomic E-state index is 0.100. The monoisotopic (exact) mass is 554 g/mol. The molecule has 1 N–H and O–H groups in total. The van der Waals surface area contributed by atoms with Crippen LogP contribution in [0.3, 0.4) is 0 Å². The third-order valence-corrected chi connectivity index (χ3v) is 7.83. The highest BCUT2D eigenvalue weighted by atomic mass is 35.5. The number of hydrazone groups is 1. The van der Waals surface area contributed by atoms with E-state index in [4.69, 9.17) is 28.3 Å². The number of halogens is 3. The molecule has 0 saturated carbocycles. The third-order valence-electron chi connectivity index (χ3n) is 6.06. The molecule has 0 bridgehead atoms. The van der Waals surface area contributed by atoms with E-state index >= 15 is 0 Å². The lowest BCUT2D eigenvalue weighted by atomic mass is 9.98. The number of rotatable bonds is 5. The maximum Gasteiger partial charge on any atom is 0.262 e. The van der Waals surface area contributed by atoms with E-state index in [0.717, 1.165) is 22.4 Å². The molecule has 3 aromatic carbocycles. The number of carbonyl (C=O) groups excluding carboxylic acids is 2. The second-order valence-electron chi connectivity index (χ2n) is 8.72. The molecule has 2 heterocycles. The third kappa shape index (κ3) is 5.56. The predicted octanol–water partition coefficient (Wildman–Crippen LogP) is 6.62. The Bertz CT molecular complexity index is 1440. The van der Waals surface area contributed by atoms with E-state index < -0.39 is 22.9 Å². The van der Waals surface area contributed by atoms with E-state index in [2.05, 4.69) is 10.3 Å². The summed E-state index contributed by atoms with van der Waals surface area (Å²) in [5, 5.41) is 9.43. The lowest BCUT2D eigenvalue weighted by Crippen LogP contribution is -2.25. The predicted molar refractivity (Wildman–Crippen MR) is 147 cm³/mol. The molecule has 6 nitrogen and oxygen atoms in total. The minimum Gasteiger partial charge on any atom is -0.326 e. The van der Waals surface area contributed by atoms with E-state index in [1.165, 1.54) is 30.0 Å². The number of amidine groups is 1. The zero-order valence-corrected chi connectivity index (χ0v) is 21.9. The van der Waals surface area contributed by atoms with Gasteiger partial charge in [0.15, 0.2) is 5.17 Å². The molecule has 0 radical (unpaired) electrons. The second kappa shape index (κ2) is 10.7. The number of hydrogen-bond donors (Lipinski definition) is 1. The molecule has 2 amide bonds. The Morgan fingerprint density at radius 1 is 1.11 bits per heavy atom. The van der Waals surface area contributed by atoms with Gasteiger partial charge < -0.3 is 5.32 Å². The Morgan fingerprint density at radius 2 is 1.86 bits per heavy atom. The number of benzene rings is 3. The summed E-state index contributed by atoms with van der Waals surface area (Å²) in [6, 6.07) is 19.3. The van der Waals surface area contributed by atoms with Crippen molar-refractivity contribution in [3.63, 3.8) is 0 Å². The molecule has 0 spiro atoms. The highest BCUT2D eigenvalue weighted by Crippen LogP contribution is 2.40. The summed E-state index contributed by atoms with van der Waals surface area (Å²) in [6.45, 7) is 2.02. The number of anilines is 1. The van der Waals surface area contributed by atoms with Crippen molar-refractivity contribution in [3.05, 3.63) is 99.3 Å². The highest BCUT2D eigenvalue weighted by molar-refractivity contribution is 8.15. The van der Waals surface area contributed by atoms with E-state index in [-0.39, 0.29) is 17.5 Å². The summed E-state index contributed by atoms with van der Waals surface area (Å²) in [5.74, 6) is -1.40. The summed E-state index contributed by atoms with van der Waals surface area (Å²) in [5.41, 5.74) is 4.20. The SMILES string of the molecule is Cc1ccc(C2=NN(C3=NC(=O)[C@H](CC(=O)Nc4ccc(F)c(Cl)c4)S3)[C@H](c3ccccc3Cl)C2)cc1. The average Bonchev–Trinajstić information content (AvgIpc) is 3.46. The Labute approximate surface area is 227 Å². The summed E-state index contributed by atoms with van der Waals surface area (Å²) in [7, 11) is 0. The molecule has 0 aromatic heterocycles. The van der Waals surface area contributed by atoms with Gasteiger partial charge in [-0.15, -0.1) is 0 Å². The summed E-state index contributed by atoms with van der Waals surface area (Å²) < 4.78 is 13.4. The molecule has 10 heteroatoms. The summed E-state index contributed by atoms with van der Waals surface area (Å²) >= 11 is 13.5. The standard InChI is InChI=1S/C27H21Cl2FN4O2S/c1-15-6-8-16(9-7-15)22-13-23(18-4-2-3-5-19(18)28)34(33-22)27-32-26(36)24(37-27)14-25(35)31-17-10-11-21(30)20(29)12-17/h2-12,23-24H,13-14H2,1H3,(H,31,35)/t23-,24-/m0/s1. The van der Waals surface area contributed by atoms with Crippen molar-refractivity contribution in [2.75, 3.05) is 5.32 Å². The summed E-state index contributed by atoms with van der Waals surface area (Å²) in [4.78, 5) is 29.6. The number of nitrogens with zero attached hydrogens (tertiary/aromatic N) is 3. The van der Waals surface area contributed by atoms with Gasteiger partial charge in [-0.1, -0.05) is 83.0 Å². The van der Waals surface area contributed by atoms with Crippen molar-refractivity contribution in [2.24, 2.45) is 10.1 Å². The minimum atomic E-state index is -0.712. The molecule has 2 aliphatic rings. The lowest BCUT2D eigenvalue weighted by Gasteiger charge is -2.23. The van der Waals surface area contributed by atoms with Crippen LogP contribution in [0.1, 0.15) is 35.6 Å². The topological polar surface area (TPSA) is 74.1 Å². The number of hydrogen-bond acceptors (Lipinski definition) is 5. The maximum absolute atomic E-state index is 13.4. The molecule has 3 aromatic rings. The highest BCUT2D eigenvalue weighted by Gasteiger charge is 2.39. The number of aryl methyl sites for hydroxylation is 1. The molecule has 2 aliphatic heterocycles. The molecule has 0 fully saturated rings. The van der Waals surface area contributed by atoms with E-state index in [1.807, 2.05) is 55.5 Å². The van der Waals surface area contributed by atoms with Gasteiger partial charge >= 0.3 is 0 Å². The van der Waals surface area contributed by atoms with Crippen LogP contribution < -0.4 is 5.32 Å². The van der Waals surface area contributed by atoms with Gasteiger partial charge in [-0.05, 0) is 42.3 Å². The first kappa shape index (κ1) is 25.4. The Hall–Kier alpha value is -3.20. The number of nitrogens with one attached hydrogen (secondary N) is 1. The number of thioether (sulfide) groups is 1. The largest absolute Gasteiger partial charge is 0.326 e. The van der Waals surface area contributed by atoms with Crippen LogP contribution in [0.5, 0.6) is 0 Å². The van der Waals surface area contributed by atoms with Gasteiger partial charge in [0.05, 0.1) is 16.8 Å². The quantitative estimate of drug-likeness (QED) is 0.384. The number of carbonyl (C=O) groups is 2. The van der Waals surface area contributed by atoms with Crippen LogP contribution in [-0.2, 0) is 9.59 Å². The normalized spacial score (nSPS) is 19.1. The van der Waals surface area contributed by atoms with Crippen LogP contribution in [0.4, 0.5) is 10.1 Å². The smallest absolute Gasteiger partial charge is 0.262 e. The fourth-order valence-electron chi connectivity index (χ4n) is 4.15. The maximum atomic E-state index is 13.4. The molecular weight excluding hydrogens is 534 g/mol. The molecule has 0 unspecified atom stereocenters. The van der Waals surface area contributed by atoms with Crippen molar-refractivity contribution < 1.29 is 14.0 Å². The average molecular weight is 555 g/mol. The van der Waals surface area contributed by atoms with Gasteiger partial charge in [0.25, 0.3) is 5.91 Å². The van der Waals surface area contributed by atoms with Gasteiger partial charge in [0.1, 0.15) is 11.1 Å². The molecular formula is C27H21Cl2FN4O2S. The van der Waals surface area contributed by atoms with Crippen LogP contribution in [-0.4, -0.2) is 33.0 Å². The van der Waals surface area contributed by atoms with Crippen LogP contribution in [0.15, 0.2) is 76.8 Å². The van der Waals surface area contributed by atoms with Gasteiger partial charge in [-0.3, -0.25) is 9.59 Å². The molecule has 5 rings (SSSR count). The Morgan fingerprint density at radius 3 is 2.59 bits per heavy atom. The number of amides is 2. The van der Waals surface area contributed by atoms with Gasteiger partial charge in [0.2, 0.25) is 5.91 Å². The van der Waals surface area contributed by atoms with Crippen LogP contribution in [0.2, 0.25) is 10.0 Å². The van der Waals surface area contributed by atoms with Crippen molar-refractivity contribution in [1.82, 2.24) is 5.01 Å². The molecule has 0 aliphatic carbocycles. The summed E-state index contributed by atoms with van der Waals surface area (Å²) in [6.07, 6.45) is 0.474. The number of aliphatic imine (C=N–C) groups is 1. The second-order valence-corrected chi connectivity index (χ2v) is 10.7. The first-order valence-corrected chi connectivity index (χ1v) is 13.1. The fraction of sp³-hybridized carbons (Fsp3) is 0.185. The zero-order chi connectivity index (χ0) is 26.1. The molecule has 37 heavy (non-hydrogen) atoms. The molecule has 0 saturated heterocycles. The van der Waals surface area contributed by atoms with Crippen molar-refractivity contribution >= 4 is 63.3 Å². The zero-order valence-electron chi connectivity index (χ0n) is 19.6. The van der Waals surface area contributed by atoms with Crippen LogP contribution >= 0.6 is 35.0 Å². The Kier molecular flexibility index (Phi) is 7.33. The molecule has 188 valence electrons. The molecule has 2 atom stereocenters. The van der Waals surface area contributed by atoms with Gasteiger partial charge in [-0.25, -0.2) is 9.40 Å². The lowest BCUT2D eigenvalue weighted by molar-refractivity contribution is -0.121. The first-order valence-electron chi connectivity index (χ1n) is 11.5. The fourth-order valence-corrected chi connectivity index (χ4v) is 5.66. The van der Waals surface area contributed by atoms with Crippen molar-refractivity contribution in [1.29, 1.82) is 0 Å². The van der Waals surface area contributed by atoms with E-state index in [9.17, 15) is 14.0 Å². The van der Waals surface area contributed by atoms with Gasteiger partial charge in [-0.2, -0.15) is 10.1 Å². The van der Waals surface area contributed by atoms with Crippen LogP contribution in [0, 0.1) is 12.7 Å².